The van der Waals surface area contributed by atoms with Crippen LogP contribution < -0.4 is 10.6 Å². The van der Waals surface area contributed by atoms with Crippen molar-refractivity contribution in [2.24, 2.45) is 11.3 Å². The van der Waals surface area contributed by atoms with Crippen LogP contribution in [0.4, 0.5) is 0 Å². The molecule has 0 aliphatic carbocycles. The summed E-state index contributed by atoms with van der Waals surface area (Å²) in [6, 6.07) is 0. The zero-order chi connectivity index (χ0) is 18.1. The van der Waals surface area contributed by atoms with E-state index in [2.05, 4.69) is 72.3 Å². The van der Waals surface area contributed by atoms with Crippen molar-refractivity contribution >= 4 is 0 Å². The van der Waals surface area contributed by atoms with E-state index in [1.807, 2.05) is 0 Å². The van der Waals surface area contributed by atoms with Gasteiger partial charge in [0.15, 0.2) is 0 Å². The van der Waals surface area contributed by atoms with Gasteiger partial charge in [-0.15, -0.1) is 0 Å². The number of hydrogen-bond acceptors (Lipinski definition) is 2. The van der Waals surface area contributed by atoms with Gasteiger partial charge in [0, 0.05) is 23.5 Å². The second-order valence-corrected chi connectivity index (χ2v) is 8.74. The molecule has 0 aromatic carbocycles. The van der Waals surface area contributed by atoms with Crippen molar-refractivity contribution in [3.63, 3.8) is 0 Å². The van der Waals surface area contributed by atoms with Gasteiger partial charge in [0.2, 0.25) is 0 Å². The van der Waals surface area contributed by atoms with E-state index < -0.39 is 0 Å². The molecule has 23 heavy (non-hydrogen) atoms. The third-order valence-electron chi connectivity index (χ3n) is 4.58. The molecule has 0 saturated heterocycles. The molecule has 0 spiro atoms. The van der Waals surface area contributed by atoms with Crippen LogP contribution >= 0.6 is 0 Å². The molecule has 0 fully saturated rings. The van der Waals surface area contributed by atoms with Gasteiger partial charge in [-0.3, -0.25) is 0 Å². The zero-order valence-electron chi connectivity index (χ0n) is 16.9. The fourth-order valence-electron chi connectivity index (χ4n) is 2.74. The molecule has 0 radical (unpaired) electrons. The standard InChI is InChI=1S/C21H42N2/c1-10-12-18(4)22-16-15-20(6,7)13-11-14-21(8,9)23-19(5)17(2)3/h17,22-23H,4-5,10-16H2,1-3,6-9H3. The predicted molar refractivity (Wildman–Crippen MR) is 105 cm³/mol. The average Bonchev–Trinajstić information content (AvgIpc) is 2.37. The molecule has 136 valence electrons. The zero-order valence-corrected chi connectivity index (χ0v) is 16.9. The van der Waals surface area contributed by atoms with E-state index in [4.69, 9.17) is 0 Å². The van der Waals surface area contributed by atoms with E-state index >= 15 is 0 Å². The van der Waals surface area contributed by atoms with Gasteiger partial charge in [-0.1, -0.05) is 60.6 Å². The number of rotatable bonds is 13. The van der Waals surface area contributed by atoms with Crippen molar-refractivity contribution in [2.45, 2.75) is 92.5 Å². The normalized spacial score (nSPS) is 12.3. The highest BCUT2D eigenvalue weighted by Gasteiger charge is 2.22. The van der Waals surface area contributed by atoms with Gasteiger partial charge in [0.25, 0.3) is 0 Å². The van der Waals surface area contributed by atoms with Crippen molar-refractivity contribution < 1.29 is 0 Å². The molecule has 0 amide bonds. The van der Waals surface area contributed by atoms with Crippen molar-refractivity contribution in [2.75, 3.05) is 6.54 Å². The van der Waals surface area contributed by atoms with Crippen molar-refractivity contribution in [1.29, 1.82) is 0 Å². The predicted octanol–water partition coefficient (Wildman–Crippen LogP) is 6.01. The number of nitrogens with one attached hydrogen (secondary N) is 2. The summed E-state index contributed by atoms with van der Waals surface area (Å²) in [5.74, 6) is 0.494. The molecule has 0 bridgehead atoms. The molecule has 0 atom stereocenters. The SMILES string of the molecule is C=C(CCC)NCCC(C)(C)CCCC(C)(C)NC(=C)C(C)C. The Balaban J connectivity index is 4.08. The molecular formula is C21H42N2. The Morgan fingerprint density at radius 3 is 2.13 bits per heavy atom. The van der Waals surface area contributed by atoms with Crippen LogP contribution in [-0.2, 0) is 0 Å². The Bertz CT molecular complexity index is 364. The summed E-state index contributed by atoms with van der Waals surface area (Å²) in [5, 5.41) is 7.06. The van der Waals surface area contributed by atoms with Crippen LogP contribution in [0.5, 0.6) is 0 Å². The van der Waals surface area contributed by atoms with Gasteiger partial charge in [0.05, 0.1) is 0 Å². The van der Waals surface area contributed by atoms with Gasteiger partial charge in [-0.2, -0.15) is 0 Å². The lowest BCUT2D eigenvalue weighted by atomic mass is 9.82. The molecular weight excluding hydrogens is 280 g/mol. The minimum Gasteiger partial charge on any atom is -0.389 e. The molecule has 2 nitrogen and oxygen atoms in total. The summed E-state index contributed by atoms with van der Waals surface area (Å²) in [4.78, 5) is 0. The summed E-state index contributed by atoms with van der Waals surface area (Å²) < 4.78 is 0. The third kappa shape index (κ3) is 11.3. The molecule has 0 aromatic heterocycles. The van der Waals surface area contributed by atoms with Crippen LogP contribution in [-0.4, -0.2) is 12.1 Å². The lowest BCUT2D eigenvalue weighted by molar-refractivity contribution is 0.271. The smallest absolute Gasteiger partial charge is 0.0314 e. The maximum absolute atomic E-state index is 4.14. The van der Waals surface area contributed by atoms with Crippen LogP contribution in [0.25, 0.3) is 0 Å². The van der Waals surface area contributed by atoms with Crippen LogP contribution in [0.2, 0.25) is 0 Å². The van der Waals surface area contributed by atoms with E-state index in [-0.39, 0.29) is 5.54 Å². The molecule has 0 heterocycles. The molecule has 2 heteroatoms. The largest absolute Gasteiger partial charge is 0.389 e. The molecule has 0 aromatic rings. The van der Waals surface area contributed by atoms with E-state index in [1.54, 1.807) is 0 Å². The maximum Gasteiger partial charge on any atom is 0.0314 e. The molecule has 2 N–H and O–H groups in total. The van der Waals surface area contributed by atoms with Gasteiger partial charge in [0.1, 0.15) is 0 Å². The number of hydrogen-bond donors (Lipinski definition) is 2. The van der Waals surface area contributed by atoms with E-state index in [9.17, 15) is 0 Å². The fourth-order valence-corrected chi connectivity index (χ4v) is 2.74. The van der Waals surface area contributed by atoms with Crippen molar-refractivity contribution in [3.05, 3.63) is 24.6 Å². The quantitative estimate of drug-likeness (QED) is 0.433. The van der Waals surface area contributed by atoms with Gasteiger partial charge < -0.3 is 10.6 Å². The molecule has 0 saturated carbocycles. The van der Waals surface area contributed by atoms with Crippen LogP contribution in [0, 0.1) is 11.3 Å². The molecule has 0 aliphatic heterocycles. The first-order valence-corrected chi connectivity index (χ1v) is 9.38. The highest BCUT2D eigenvalue weighted by Crippen LogP contribution is 2.29. The highest BCUT2D eigenvalue weighted by molar-refractivity contribution is 5.00. The summed E-state index contributed by atoms with van der Waals surface area (Å²) >= 11 is 0. The van der Waals surface area contributed by atoms with Crippen LogP contribution in [0.1, 0.15) is 87.0 Å². The highest BCUT2D eigenvalue weighted by atomic mass is 15.0. The Morgan fingerprint density at radius 1 is 1.00 bits per heavy atom. The first-order valence-electron chi connectivity index (χ1n) is 9.38. The molecule has 0 rings (SSSR count). The molecule has 0 unspecified atom stereocenters. The minimum atomic E-state index is 0.130. The summed E-state index contributed by atoms with van der Waals surface area (Å²) in [6.07, 6.45) is 7.13. The van der Waals surface area contributed by atoms with Crippen LogP contribution in [0.3, 0.4) is 0 Å². The Hall–Kier alpha value is -0.920. The van der Waals surface area contributed by atoms with Gasteiger partial charge in [-0.25, -0.2) is 0 Å². The van der Waals surface area contributed by atoms with E-state index in [0.717, 1.165) is 18.7 Å². The van der Waals surface area contributed by atoms with Crippen molar-refractivity contribution in [3.8, 4) is 0 Å². The lowest BCUT2D eigenvalue weighted by Gasteiger charge is -2.32. The van der Waals surface area contributed by atoms with E-state index in [1.165, 1.54) is 37.8 Å². The monoisotopic (exact) mass is 322 g/mol. The minimum absolute atomic E-state index is 0.130. The fraction of sp³-hybridized carbons (Fsp3) is 0.810. The van der Waals surface area contributed by atoms with Crippen LogP contribution in [0.15, 0.2) is 24.6 Å². The summed E-state index contributed by atoms with van der Waals surface area (Å²) in [6.45, 7) is 25.1. The Morgan fingerprint density at radius 2 is 1.61 bits per heavy atom. The second-order valence-electron chi connectivity index (χ2n) is 8.74. The van der Waals surface area contributed by atoms with E-state index in [0.29, 0.717) is 11.3 Å². The lowest BCUT2D eigenvalue weighted by Crippen LogP contribution is -2.39. The first-order chi connectivity index (χ1) is 10.5. The summed E-state index contributed by atoms with van der Waals surface area (Å²) in [5.41, 5.74) is 2.84. The van der Waals surface area contributed by atoms with Gasteiger partial charge in [-0.05, 0) is 50.9 Å². The number of allylic oxidation sites excluding steroid dienone is 2. The third-order valence-corrected chi connectivity index (χ3v) is 4.58. The average molecular weight is 323 g/mol. The molecule has 0 aliphatic rings. The Labute approximate surface area is 146 Å². The van der Waals surface area contributed by atoms with Gasteiger partial charge >= 0.3 is 0 Å². The van der Waals surface area contributed by atoms with Crippen molar-refractivity contribution in [1.82, 2.24) is 10.6 Å². The summed E-state index contributed by atoms with van der Waals surface area (Å²) in [7, 11) is 0. The topological polar surface area (TPSA) is 24.1 Å². The maximum atomic E-state index is 4.14. The second kappa shape index (κ2) is 10.1. The Kier molecular flexibility index (Phi) is 9.65. The first kappa shape index (κ1) is 22.1.